The Morgan fingerprint density at radius 3 is 1.71 bits per heavy atom. The summed E-state index contributed by atoms with van der Waals surface area (Å²) in [5.41, 5.74) is 1.96. The Morgan fingerprint density at radius 1 is 0.857 bits per heavy atom. The van der Waals surface area contributed by atoms with Gasteiger partial charge in [0.05, 0.1) is 5.56 Å². The highest BCUT2D eigenvalue weighted by molar-refractivity contribution is 5.89. The van der Waals surface area contributed by atoms with E-state index in [-0.39, 0.29) is 26.2 Å². The summed E-state index contributed by atoms with van der Waals surface area (Å²) in [7, 11) is 0. The number of phenolic OH excluding ortho intramolecular Hbond substituents is 2. The number of aromatic carboxylic acids is 1. The van der Waals surface area contributed by atoms with Gasteiger partial charge in [0.15, 0.2) is 0 Å². The number of phenols is 2. The summed E-state index contributed by atoms with van der Waals surface area (Å²) in [4.78, 5) is 10.5. The first kappa shape index (κ1) is 20.8. The topological polar surface area (TPSA) is 77.8 Å². The molecule has 0 aliphatic rings. The van der Waals surface area contributed by atoms with Crippen molar-refractivity contribution < 1.29 is 20.1 Å². The Hall–Kier alpha value is -2.49. The SMILES string of the molecule is C.C.Cc1ccc(O)cc1.Cc1ccc(O)cc1C(=O)O. The third-order valence-electron chi connectivity index (χ3n) is 2.49. The van der Waals surface area contributed by atoms with Crippen LogP contribution in [0.5, 0.6) is 11.5 Å². The molecule has 0 heterocycles. The monoisotopic (exact) mass is 292 g/mol. The second-order valence-corrected chi connectivity index (χ2v) is 4.14. The largest absolute Gasteiger partial charge is 0.508 e. The summed E-state index contributed by atoms with van der Waals surface area (Å²) >= 11 is 0. The quantitative estimate of drug-likeness (QED) is 0.729. The fourth-order valence-corrected chi connectivity index (χ4v) is 1.39. The summed E-state index contributed by atoms with van der Waals surface area (Å²) in [6.45, 7) is 3.67. The van der Waals surface area contributed by atoms with Crippen molar-refractivity contribution in [3.63, 3.8) is 0 Å². The van der Waals surface area contributed by atoms with Gasteiger partial charge in [0.1, 0.15) is 11.5 Å². The smallest absolute Gasteiger partial charge is 0.336 e. The highest BCUT2D eigenvalue weighted by atomic mass is 16.4. The van der Waals surface area contributed by atoms with E-state index in [2.05, 4.69) is 0 Å². The van der Waals surface area contributed by atoms with Crippen molar-refractivity contribution >= 4 is 5.97 Å². The number of benzene rings is 2. The molecule has 2 rings (SSSR count). The molecular weight excluding hydrogens is 268 g/mol. The minimum absolute atomic E-state index is 0. The highest BCUT2D eigenvalue weighted by Crippen LogP contribution is 2.15. The van der Waals surface area contributed by atoms with Crippen LogP contribution in [0.25, 0.3) is 0 Å². The van der Waals surface area contributed by atoms with Crippen molar-refractivity contribution in [2.24, 2.45) is 0 Å². The normalized spacial score (nSPS) is 8.48. The van der Waals surface area contributed by atoms with Crippen LogP contribution in [0.2, 0.25) is 0 Å². The van der Waals surface area contributed by atoms with E-state index in [1.54, 1.807) is 25.1 Å². The van der Waals surface area contributed by atoms with Gasteiger partial charge in [-0.1, -0.05) is 38.6 Å². The van der Waals surface area contributed by atoms with E-state index in [0.29, 0.717) is 11.3 Å². The Morgan fingerprint density at radius 2 is 1.33 bits per heavy atom. The lowest BCUT2D eigenvalue weighted by molar-refractivity contribution is 0.0695. The predicted octanol–water partition coefficient (Wildman–Crippen LogP) is 4.37. The molecule has 116 valence electrons. The Labute approximate surface area is 126 Å². The molecule has 4 heteroatoms. The van der Waals surface area contributed by atoms with Crippen molar-refractivity contribution in [2.45, 2.75) is 28.7 Å². The summed E-state index contributed by atoms with van der Waals surface area (Å²) in [6.07, 6.45) is 0. The second-order valence-electron chi connectivity index (χ2n) is 4.14. The van der Waals surface area contributed by atoms with E-state index >= 15 is 0 Å². The minimum atomic E-state index is -1.02. The molecule has 0 aromatic heterocycles. The summed E-state index contributed by atoms with van der Waals surface area (Å²) in [5, 5.41) is 26.3. The zero-order chi connectivity index (χ0) is 14.4. The maximum atomic E-state index is 10.5. The van der Waals surface area contributed by atoms with Crippen LogP contribution in [0.4, 0.5) is 0 Å². The molecule has 2 aromatic carbocycles. The van der Waals surface area contributed by atoms with Gasteiger partial charge >= 0.3 is 5.97 Å². The first-order valence-corrected chi connectivity index (χ1v) is 5.68. The van der Waals surface area contributed by atoms with E-state index in [1.807, 2.05) is 19.1 Å². The highest BCUT2D eigenvalue weighted by Gasteiger charge is 2.06. The third-order valence-corrected chi connectivity index (χ3v) is 2.49. The van der Waals surface area contributed by atoms with Gasteiger partial charge in [0, 0.05) is 0 Å². The van der Waals surface area contributed by atoms with E-state index in [0.717, 1.165) is 0 Å². The molecular formula is C17H24O4. The molecule has 0 atom stereocenters. The van der Waals surface area contributed by atoms with E-state index in [1.165, 1.54) is 17.7 Å². The van der Waals surface area contributed by atoms with Crippen LogP contribution in [-0.4, -0.2) is 21.3 Å². The first-order valence-electron chi connectivity index (χ1n) is 5.68. The maximum absolute atomic E-state index is 10.5. The van der Waals surface area contributed by atoms with E-state index in [9.17, 15) is 4.79 Å². The molecule has 21 heavy (non-hydrogen) atoms. The number of aryl methyl sites for hydroxylation is 2. The summed E-state index contributed by atoms with van der Waals surface area (Å²) < 4.78 is 0. The molecule has 0 saturated carbocycles. The van der Waals surface area contributed by atoms with Gasteiger partial charge in [-0.25, -0.2) is 4.79 Å². The van der Waals surface area contributed by atoms with Crippen LogP contribution in [0.1, 0.15) is 36.3 Å². The van der Waals surface area contributed by atoms with Crippen LogP contribution in [0.15, 0.2) is 42.5 Å². The van der Waals surface area contributed by atoms with Gasteiger partial charge < -0.3 is 15.3 Å². The predicted molar refractivity (Wildman–Crippen MR) is 86.1 cm³/mol. The van der Waals surface area contributed by atoms with Gasteiger partial charge in [-0.05, 0) is 43.7 Å². The van der Waals surface area contributed by atoms with E-state index in [4.69, 9.17) is 15.3 Å². The number of hydrogen-bond donors (Lipinski definition) is 3. The fraction of sp³-hybridized carbons (Fsp3) is 0.235. The van der Waals surface area contributed by atoms with Gasteiger partial charge in [-0.15, -0.1) is 0 Å². The number of carbonyl (C=O) groups is 1. The molecule has 4 nitrogen and oxygen atoms in total. The Kier molecular flexibility index (Phi) is 9.34. The number of aromatic hydroxyl groups is 2. The summed E-state index contributed by atoms with van der Waals surface area (Å²) in [6, 6.07) is 11.4. The second kappa shape index (κ2) is 9.42. The van der Waals surface area contributed by atoms with Crippen LogP contribution in [0.3, 0.4) is 0 Å². The van der Waals surface area contributed by atoms with Crippen LogP contribution in [0, 0.1) is 13.8 Å². The number of carboxylic acid groups (broad SMARTS) is 1. The summed E-state index contributed by atoms with van der Waals surface area (Å²) in [5.74, 6) is -0.706. The molecule has 0 bridgehead atoms. The number of hydrogen-bond acceptors (Lipinski definition) is 3. The first-order chi connectivity index (χ1) is 8.90. The molecule has 0 aliphatic heterocycles. The lowest BCUT2D eigenvalue weighted by Crippen LogP contribution is -1.98. The van der Waals surface area contributed by atoms with Gasteiger partial charge in [0.25, 0.3) is 0 Å². The molecule has 2 aromatic rings. The van der Waals surface area contributed by atoms with Gasteiger partial charge in [-0.2, -0.15) is 0 Å². The number of carboxylic acids is 1. The van der Waals surface area contributed by atoms with Crippen molar-refractivity contribution in [2.75, 3.05) is 0 Å². The molecule has 0 radical (unpaired) electrons. The zero-order valence-corrected chi connectivity index (χ0v) is 10.8. The van der Waals surface area contributed by atoms with Crippen LogP contribution >= 0.6 is 0 Å². The average molecular weight is 292 g/mol. The molecule has 3 N–H and O–H groups in total. The van der Waals surface area contributed by atoms with Gasteiger partial charge in [-0.3, -0.25) is 0 Å². The maximum Gasteiger partial charge on any atom is 0.336 e. The lowest BCUT2D eigenvalue weighted by atomic mass is 10.1. The molecule has 0 spiro atoms. The van der Waals surface area contributed by atoms with Crippen molar-refractivity contribution in [1.82, 2.24) is 0 Å². The average Bonchev–Trinajstić information content (AvgIpc) is 2.36. The lowest BCUT2D eigenvalue weighted by Gasteiger charge is -1.99. The Bertz CT molecular complexity index is 539. The molecule has 0 amide bonds. The van der Waals surface area contributed by atoms with Crippen LogP contribution < -0.4 is 0 Å². The third kappa shape index (κ3) is 7.01. The molecule has 0 unspecified atom stereocenters. The fourth-order valence-electron chi connectivity index (χ4n) is 1.39. The molecule has 0 fully saturated rings. The van der Waals surface area contributed by atoms with Crippen LogP contribution in [-0.2, 0) is 0 Å². The molecule has 0 saturated heterocycles. The van der Waals surface area contributed by atoms with Crippen molar-refractivity contribution in [1.29, 1.82) is 0 Å². The zero-order valence-electron chi connectivity index (χ0n) is 10.8. The van der Waals surface area contributed by atoms with E-state index < -0.39 is 5.97 Å². The standard InChI is InChI=1S/C8H8O3.C7H8O.2CH4/c1-5-2-3-6(9)4-7(5)8(10)11;1-6-2-4-7(8)5-3-6;;/h2-4,9H,1H3,(H,10,11);2-5,8H,1H3;2*1H4. The van der Waals surface area contributed by atoms with Crippen molar-refractivity contribution in [3.05, 3.63) is 59.2 Å². The van der Waals surface area contributed by atoms with Gasteiger partial charge in [0.2, 0.25) is 0 Å². The molecule has 0 aliphatic carbocycles. The Balaban J connectivity index is 0. The van der Waals surface area contributed by atoms with Crippen molar-refractivity contribution in [3.8, 4) is 11.5 Å². The number of rotatable bonds is 1. The minimum Gasteiger partial charge on any atom is -0.508 e.